The largest absolute Gasteiger partial charge is 0.318 e. The lowest BCUT2D eigenvalue weighted by molar-refractivity contribution is 0.787. The molecule has 4 nitrogen and oxygen atoms in total. The van der Waals surface area contributed by atoms with Crippen molar-refractivity contribution >= 4 is 0 Å². The van der Waals surface area contributed by atoms with Crippen LogP contribution in [0.5, 0.6) is 0 Å². The van der Waals surface area contributed by atoms with Gasteiger partial charge < -0.3 is 5.73 Å². The van der Waals surface area contributed by atoms with Crippen LogP contribution in [0.4, 0.5) is 0 Å². The number of H-pyrrole nitrogens is 1. The van der Waals surface area contributed by atoms with Gasteiger partial charge in [0.15, 0.2) is 0 Å². The van der Waals surface area contributed by atoms with E-state index in [1.165, 1.54) is 11.9 Å². The zero-order chi connectivity index (χ0) is 9.97. The Morgan fingerprint density at radius 2 is 2.00 bits per heavy atom. The smallest absolute Gasteiger partial charge is 0.145 e. The van der Waals surface area contributed by atoms with Gasteiger partial charge in [-0.1, -0.05) is 29.8 Å². The van der Waals surface area contributed by atoms with Gasteiger partial charge in [0.2, 0.25) is 0 Å². The third-order valence-corrected chi connectivity index (χ3v) is 2.16. The van der Waals surface area contributed by atoms with Crippen LogP contribution in [0.1, 0.15) is 23.0 Å². The molecule has 0 saturated carbocycles. The number of hydrogen-bond donors (Lipinski definition) is 2. The molecule has 0 aliphatic heterocycles. The van der Waals surface area contributed by atoms with Crippen LogP contribution in [0.25, 0.3) is 0 Å². The van der Waals surface area contributed by atoms with Crippen molar-refractivity contribution in [2.24, 2.45) is 5.73 Å². The molecule has 1 aromatic carbocycles. The first-order valence-electron chi connectivity index (χ1n) is 4.45. The SMILES string of the molecule is Cc1ccc(C(N)c2ncn[nH]2)cc1. The summed E-state index contributed by atoms with van der Waals surface area (Å²) in [5, 5.41) is 6.53. The first-order chi connectivity index (χ1) is 6.77. The van der Waals surface area contributed by atoms with Crippen LogP contribution in [-0.2, 0) is 0 Å². The van der Waals surface area contributed by atoms with E-state index in [1.807, 2.05) is 31.2 Å². The number of nitrogens with two attached hydrogens (primary N) is 1. The van der Waals surface area contributed by atoms with Gasteiger partial charge in [-0.25, -0.2) is 4.98 Å². The van der Waals surface area contributed by atoms with Crippen molar-refractivity contribution in [1.82, 2.24) is 15.2 Å². The van der Waals surface area contributed by atoms with Gasteiger partial charge in [-0.2, -0.15) is 5.10 Å². The summed E-state index contributed by atoms with van der Waals surface area (Å²) >= 11 is 0. The quantitative estimate of drug-likeness (QED) is 0.743. The first kappa shape index (κ1) is 8.90. The Morgan fingerprint density at radius 3 is 2.57 bits per heavy atom. The van der Waals surface area contributed by atoms with Crippen LogP contribution in [0.2, 0.25) is 0 Å². The van der Waals surface area contributed by atoms with Crippen LogP contribution in [0, 0.1) is 6.92 Å². The van der Waals surface area contributed by atoms with E-state index < -0.39 is 0 Å². The van der Waals surface area contributed by atoms with E-state index in [0.717, 1.165) is 5.56 Å². The number of benzene rings is 1. The zero-order valence-electron chi connectivity index (χ0n) is 7.94. The second-order valence-corrected chi connectivity index (χ2v) is 3.26. The van der Waals surface area contributed by atoms with Crippen LogP contribution in [0.3, 0.4) is 0 Å². The van der Waals surface area contributed by atoms with Gasteiger partial charge in [-0.15, -0.1) is 0 Å². The summed E-state index contributed by atoms with van der Waals surface area (Å²) in [6.07, 6.45) is 1.46. The average Bonchev–Trinajstić information content (AvgIpc) is 2.71. The molecule has 1 atom stereocenters. The molecule has 0 amide bonds. The predicted octanol–water partition coefficient (Wildman–Crippen LogP) is 1.16. The Balaban J connectivity index is 2.28. The Labute approximate surface area is 82.2 Å². The third-order valence-electron chi connectivity index (χ3n) is 2.16. The monoisotopic (exact) mass is 188 g/mol. The summed E-state index contributed by atoms with van der Waals surface area (Å²) in [6, 6.07) is 7.85. The molecular weight excluding hydrogens is 176 g/mol. The van der Waals surface area contributed by atoms with Gasteiger partial charge >= 0.3 is 0 Å². The molecule has 2 rings (SSSR count). The van der Waals surface area contributed by atoms with Crippen molar-refractivity contribution < 1.29 is 0 Å². The highest BCUT2D eigenvalue weighted by Gasteiger charge is 2.10. The minimum atomic E-state index is -0.224. The third kappa shape index (κ3) is 1.65. The van der Waals surface area contributed by atoms with E-state index in [4.69, 9.17) is 5.73 Å². The van der Waals surface area contributed by atoms with Gasteiger partial charge in [0, 0.05) is 0 Å². The minimum Gasteiger partial charge on any atom is -0.318 e. The number of hydrogen-bond acceptors (Lipinski definition) is 3. The molecule has 0 aliphatic rings. The number of aromatic amines is 1. The van der Waals surface area contributed by atoms with Crippen LogP contribution in [-0.4, -0.2) is 15.2 Å². The minimum absolute atomic E-state index is 0.224. The van der Waals surface area contributed by atoms with Gasteiger partial charge in [0.05, 0.1) is 6.04 Å². The Hall–Kier alpha value is -1.68. The van der Waals surface area contributed by atoms with Gasteiger partial charge in [-0.05, 0) is 12.5 Å². The summed E-state index contributed by atoms with van der Waals surface area (Å²) in [4.78, 5) is 4.02. The molecule has 0 radical (unpaired) electrons. The Kier molecular flexibility index (Phi) is 2.28. The molecule has 1 heterocycles. The molecule has 0 fully saturated rings. The van der Waals surface area contributed by atoms with Crippen LogP contribution in [0.15, 0.2) is 30.6 Å². The molecule has 0 aliphatic carbocycles. The van der Waals surface area contributed by atoms with Gasteiger partial charge in [0.25, 0.3) is 0 Å². The van der Waals surface area contributed by atoms with Crippen molar-refractivity contribution in [2.75, 3.05) is 0 Å². The molecule has 2 aromatic rings. The highest BCUT2D eigenvalue weighted by atomic mass is 15.2. The molecule has 0 saturated heterocycles. The number of nitrogens with zero attached hydrogens (tertiary/aromatic N) is 2. The van der Waals surface area contributed by atoms with E-state index in [-0.39, 0.29) is 6.04 Å². The molecule has 3 N–H and O–H groups in total. The molecular formula is C10H12N4. The predicted molar refractivity (Wildman–Crippen MR) is 53.6 cm³/mol. The van der Waals surface area contributed by atoms with Crippen molar-refractivity contribution in [3.63, 3.8) is 0 Å². The normalized spacial score (nSPS) is 12.7. The molecule has 0 bridgehead atoms. The number of rotatable bonds is 2. The highest BCUT2D eigenvalue weighted by Crippen LogP contribution is 2.15. The van der Waals surface area contributed by atoms with Crippen molar-refractivity contribution in [1.29, 1.82) is 0 Å². The van der Waals surface area contributed by atoms with Crippen molar-refractivity contribution in [3.05, 3.63) is 47.5 Å². The highest BCUT2D eigenvalue weighted by molar-refractivity contribution is 5.27. The number of aromatic nitrogens is 3. The second kappa shape index (κ2) is 3.59. The summed E-state index contributed by atoms with van der Waals surface area (Å²) in [5.41, 5.74) is 8.23. The molecule has 0 spiro atoms. The Morgan fingerprint density at radius 1 is 1.29 bits per heavy atom. The maximum atomic E-state index is 5.98. The lowest BCUT2D eigenvalue weighted by Gasteiger charge is -2.08. The van der Waals surface area contributed by atoms with Crippen LogP contribution < -0.4 is 5.73 Å². The fourth-order valence-electron chi connectivity index (χ4n) is 1.30. The number of nitrogens with one attached hydrogen (secondary N) is 1. The fraction of sp³-hybridized carbons (Fsp3) is 0.200. The van der Waals surface area contributed by atoms with Gasteiger partial charge in [0.1, 0.15) is 12.2 Å². The Bertz CT molecular complexity index is 391. The number of aryl methyl sites for hydroxylation is 1. The average molecular weight is 188 g/mol. The van der Waals surface area contributed by atoms with Crippen molar-refractivity contribution in [3.8, 4) is 0 Å². The topological polar surface area (TPSA) is 67.6 Å². The van der Waals surface area contributed by atoms with E-state index >= 15 is 0 Å². The second-order valence-electron chi connectivity index (χ2n) is 3.26. The maximum Gasteiger partial charge on any atom is 0.145 e. The van der Waals surface area contributed by atoms with E-state index in [9.17, 15) is 0 Å². The fourth-order valence-corrected chi connectivity index (χ4v) is 1.30. The summed E-state index contributed by atoms with van der Waals surface area (Å²) < 4.78 is 0. The van der Waals surface area contributed by atoms with E-state index in [1.54, 1.807) is 0 Å². The summed E-state index contributed by atoms with van der Waals surface area (Å²) in [6.45, 7) is 2.05. The molecule has 14 heavy (non-hydrogen) atoms. The molecule has 72 valence electrons. The van der Waals surface area contributed by atoms with Crippen molar-refractivity contribution in [2.45, 2.75) is 13.0 Å². The maximum absolute atomic E-state index is 5.98. The molecule has 4 heteroatoms. The first-order valence-corrected chi connectivity index (χ1v) is 4.45. The molecule has 1 aromatic heterocycles. The molecule has 1 unspecified atom stereocenters. The van der Waals surface area contributed by atoms with Crippen LogP contribution >= 0.6 is 0 Å². The van der Waals surface area contributed by atoms with E-state index in [0.29, 0.717) is 5.82 Å². The lowest BCUT2D eigenvalue weighted by atomic mass is 10.1. The summed E-state index contributed by atoms with van der Waals surface area (Å²) in [7, 11) is 0. The zero-order valence-corrected chi connectivity index (χ0v) is 7.94. The lowest BCUT2D eigenvalue weighted by Crippen LogP contribution is -2.13. The standard InChI is InChI=1S/C10H12N4/c1-7-2-4-8(5-3-7)9(11)10-12-6-13-14-10/h2-6,9H,11H2,1H3,(H,12,13,14). The summed E-state index contributed by atoms with van der Waals surface area (Å²) in [5.74, 6) is 0.689. The van der Waals surface area contributed by atoms with Gasteiger partial charge in [-0.3, -0.25) is 5.10 Å². The van der Waals surface area contributed by atoms with E-state index in [2.05, 4.69) is 15.2 Å².